The Balaban J connectivity index is 1.32. The second-order valence-electron chi connectivity index (χ2n) is 6.99. The lowest BCUT2D eigenvalue weighted by atomic mass is 10.1. The van der Waals surface area contributed by atoms with Crippen LogP contribution in [0, 0.1) is 0 Å². The Morgan fingerprint density at radius 1 is 0.857 bits per heavy atom. The minimum Gasteiger partial charge on any atom is -0.489 e. The van der Waals surface area contributed by atoms with Crippen molar-refractivity contribution in [1.82, 2.24) is 0 Å². The predicted molar refractivity (Wildman–Crippen MR) is 113 cm³/mol. The number of benzene rings is 3. The lowest BCUT2D eigenvalue weighted by Crippen LogP contribution is -2.18. The fourth-order valence-corrected chi connectivity index (χ4v) is 3.38. The van der Waals surface area contributed by atoms with Crippen molar-refractivity contribution in [2.24, 2.45) is 0 Å². The van der Waals surface area contributed by atoms with Crippen molar-refractivity contribution in [3.05, 3.63) is 90.0 Å². The fraction of sp³-hybridized carbons (Fsp3) is 0.208. The first-order chi connectivity index (χ1) is 13.8. The number of nitrogens with zero attached hydrogens (tertiary/aromatic N) is 1. The molecule has 1 heterocycles. The highest BCUT2D eigenvalue weighted by Crippen LogP contribution is 2.21. The molecule has 3 aromatic rings. The molecular weight excluding hydrogens is 348 g/mol. The van der Waals surface area contributed by atoms with E-state index in [2.05, 4.69) is 10.2 Å². The molecular formula is C24H24N2O2. The van der Waals surface area contributed by atoms with Crippen molar-refractivity contribution >= 4 is 17.3 Å². The quantitative estimate of drug-likeness (QED) is 0.653. The van der Waals surface area contributed by atoms with Crippen LogP contribution in [0.15, 0.2) is 78.9 Å². The van der Waals surface area contributed by atoms with Crippen LogP contribution in [0.5, 0.6) is 5.75 Å². The van der Waals surface area contributed by atoms with E-state index in [0.717, 1.165) is 30.1 Å². The molecule has 0 radical (unpaired) electrons. The number of amides is 1. The van der Waals surface area contributed by atoms with E-state index in [1.807, 2.05) is 78.9 Å². The molecule has 1 amide bonds. The van der Waals surface area contributed by atoms with Gasteiger partial charge < -0.3 is 15.0 Å². The zero-order valence-electron chi connectivity index (χ0n) is 15.8. The molecule has 3 aromatic carbocycles. The molecule has 4 rings (SSSR count). The Labute approximate surface area is 165 Å². The molecule has 0 bridgehead atoms. The van der Waals surface area contributed by atoms with Gasteiger partial charge in [-0.2, -0.15) is 0 Å². The summed E-state index contributed by atoms with van der Waals surface area (Å²) in [7, 11) is 0. The highest BCUT2D eigenvalue weighted by Gasteiger charge is 2.13. The number of carbonyl (C=O) groups excluding carboxylic acids is 1. The average Bonchev–Trinajstić information content (AvgIpc) is 3.29. The van der Waals surface area contributed by atoms with E-state index >= 15 is 0 Å². The van der Waals surface area contributed by atoms with Gasteiger partial charge in [-0.1, -0.05) is 30.3 Å². The second-order valence-corrected chi connectivity index (χ2v) is 6.99. The minimum absolute atomic E-state index is 0.106. The van der Waals surface area contributed by atoms with Crippen LogP contribution in [-0.4, -0.2) is 19.0 Å². The molecule has 4 heteroatoms. The monoisotopic (exact) mass is 372 g/mol. The van der Waals surface area contributed by atoms with E-state index in [-0.39, 0.29) is 5.91 Å². The maximum atomic E-state index is 12.5. The Morgan fingerprint density at radius 3 is 2.21 bits per heavy atom. The molecule has 1 fully saturated rings. The van der Waals surface area contributed by atoms with Crippen LogP contribution in [0.3, 0.4) is 0 Å². The molecule has 0 spiro atoms. The number of ether oxygens (including phenoxy) is 1. The van der Waals surface area contributed by atoms with E-state index in [0.29, 0.717) is 12.2 Å². The summed E-state index contributed by atoms with van der Waals surface area (Å²) in [4.78, 5) is 14.8. The van der Waals surface area contributed by atoms with Gasteiger partial charge in [-0.15, -0.1) is 0 Å². The zero-order chi connectivity index (χ0) is 19.2. The Kier molecular flexibility index (Phi) is 5.57. The average molecular weight is 372 g/mol. The van der Waals surface area contributed by atoms with Crippen LogP contribution in [0.25, 0.3) is 0 Å². The van der Waals surface area contributed by atoms with Crippen LogP contribution in [0.2, 0.25) is 0 Å². The summed E-state index contributed by atoms with van der Waals surface area (Å²) in [5, 5.41) is 2.94. The van der Waals surface area contributed by atoms with Crippen LogP contribution >= 0.6 is 0 Å². The molecule has 0 aliphatic carbocycles. The van der Waals surface area contributed by atoms with Gasteiger partial charge >= 0.3 is 0 Å². The zero-order valence-corrected chi connectivity index (χ0v) is 15.8. The summed E-state index contributed by atoms with van der Waals surface area (Å²) in [6.45, 7) is 2.73. The number of nitrogens with one attached hydrogen (secondary N) is 1. The molecule has 1 aliphatic heterocycles. The Hall–Kier alpha value is -3.27. The number of anilines is 2. The second kappa shape index (κ2) is 8.61. The molecule has 0 saturated carbocycles. The molecule has 0 atom stereocenters. The van der Waals surface area contributed by atoms with Gasteiger partial charge in [-0.3, -0.25) is 4.79 Å². The summed E-state index contributed by atoms with van der Waals surface area (Å²) in [6, 6.07) is 25.3. The lowest BCUT2D eigenvalue weighted by Gasteiger charge is -2.17. The van der Waals surface area contributed by atoms with Crippen LogP contribution in [0.4, 0.5) is 11.4 Å². The van der Waals surface area contributed by atoms with Gasteiger partial charge in [-0.05, 0) is 66.9 Å². The number of hydrogen-bond acceptors (Lipinski definition) is 3. The van der Waals surface area contributed by atoms with Crippen molar-refractivity contribution in [3.63, 3.8) is 0 Å². The molecule has 1 aliphatic rings. The molecule has 4 nitrogen and oxygen atoms in total. The summed E-state index contributed by atoms with van der Waals surface area (Å²) in [5.74, 6) is 0.669. The van der Waals surface area contributed by atoms with Gasteiger partial charge in [0.15, 0.2) is 0 Å². The summed E-state index contributed by atoms with van der Waals surface area (Å²) in [5.41, 5.74) is 3.72. The SMILES string of the molecule is O=C(Nc1ccc(OCc2ccccc2)cc1)c1ccc(N2CCCC2)cc1. The first-order valence-corrected chi connectivity index (χ1v) is 9.71. The van der Waals surface area contributed by atoms with Crippen molar-refractivity contribution in [3.8, 4) is 5.75 Å². The number of carbonyl (C=O) groups is 1. The largest absolute Gasteiger partial charge is 0.489 e. The summed E-state index contributed by atoms with van der Waals surface area (Å²) < 4.78 is 5.78. The third-order valence-electron chi connectivity index (χ3n) is 4.96. The molecule has 1 saturated heterocycles. The highest BCUT2D eigenvalue weighted by atomic mass is 16.5. The first-order valence-electron chi connectivity index (χ1n) is 9.71. The van der Waals surface area contributed by atoms with E-state index in [9.17, 15) is 4.79 Å². The van der Waals surface area contributed by atoms with Gasteiger partial charge in [0.05, 0.1) is 0 Å². The van der Waals surface area contributed by atoms with Crippen molar-refractivity contribution in [2.75, 3.05) is 23.3 Å². The smallest absolute Gasteiger partial charge is 0.255 e. The normalized spacial score (nSPS) is 13.4. The van der Waals surface area contributed by atoms with Crippen LogP contribution in [-0.2, 0) is 6.61 Å². The molecule has 0 aromatic heterocycles. The van der Waals surface area contributed by atoms with E-state index in [1.54, 1.807) is 0 Å². The van der Waals surface area contributed by atoms with Gasteiger partial charge in [0.25, 0.3) is 5.91 Å². The fourth-order valence-electron chi connectivity index (χ4n) is 3.38. The van der Waals surface area contributed by atoms with Gasteiger partial charge in [0, 0.05) is 30.0 Å². The Morgan fingerprint density at radius 2 is 1.54 bits per heavy atom. The van der Waals surface area contributed by atoms with Crippen molar-refractivity contribution in [1.29, 1.82) is 0 Å². The van der Waals surface area contributed by atoms with E-state index in [1.165, 1.54) is 18.5 Å². The maximum absolute atomic E-state index is 12.5. The molecule has 28 heavy (non-hydrogen) atoms. The van der Waals surface area contributed by atoms with Gasteiger partial charge in [-0.25, -0.2) is 0 Å². The summed E-state index contributed by atoms with van der Waals surface area (Å²) in [6.07, 6.45) is 2.49. The molecule has 0 unspecified atom stereocenters. The highest BCUT2D eigenvalue weighted by molar-refractivity contribution is 6.04. The van der Waals surface area contributed by atoms with Crippen molar-refractivity contribution in [2.45, 2.75) is 19.4 Å². The van der Waals surface area contributed by atoms with Crippen LogP contribution < -0.4 is 15.0 Å². The Bertz CT molecular complexity index is 900. The number of rotatable bonds is 6. The predicted octanol–water partition coefficient (Wildman–Crippen LogP) is 5.12. The molecule has 1 N–H and O–H groups in total. The number of hydrogen-bond donors (Lipinski definition) is 1. The van der Waals surface area contributed by atoms with Crippen molar-refractivity contribution < 1.29 is 9.53 Å². The van der Waals surface area contributed by atoms with Gasteiger partial charge in [0.2, 0.25) is 0 Å². The van der Waals surface area contributed by atoms with Crippen LogP contribution in [0.1, 0.15) is 28.8 Å². The van der Waals surface area contributed by atoms with E-state index < -0.39 is 0 Å². The third kappa shape index (κ3) is 4.52. The van der Waals surface area contributed by atoms with Gasteiger partial charge in [0.1, 0.15) is 12.4 Å². The standard InChI is InChI=1S/C24H24N2O2/c27-24(20-8-12-22(13-9-20)26-16-4-5-17-26)25-21-10-14-23(15-11-21)28-18-19-6-2-1-3-7-19/h1-3,6-15H,4-5,16-18H2,(H,25,27). The minimum atomic E-state index is -0.106. The van der Waals surface area contributed by atoms with E-state index in [4.69, 9.17) is 4.74 Å². The lowest BCUT2D eigenvalue weighted by molar-refractivity contribution is 0.102. The molecule has 142 valence electrons. The summed E-state index contributed by atoms with van der Waals surface area (Å²) >= 11 is 0. The topological polar surface area (TPSA) is 41.6 Å². The third-order valence-corrected chi connectivity index (χ3v) is 4.96. The first kappa shape index (κ1) is 18.1. The maximum Gasteiger partial charge on any atom is 0.255 e.